The van der Waals surface area contributed by atoms with Gasteiger partial charge < -0.3 is 10.1 Å². The minimum Gasteiger partial charge on any atom is -0.467 e. The summed E-state index contributed by atoms with van der Waals surface area (Å²) in [6.45, 7) is 1.21. The Morgan fingerprint density at radius 1 is 1.59 bits per heavy atom. The number of hydrogen-bond acceptors (Lipinski definition) is 5. The van der Waals surface area contributed by atoms with Crippen molar-refractivity contribution >= 4 is 11.9 Å². The number of esters is 1. The van der Waals surface area contributed by atoms with Gasteiger partial charge in [0.05, 0.1) is 13.7 Å². The van der Waals surface area contributed by atoms with Crippen molar-refractivity contribution in [3.63, 3.8) is 0 Å². The van der Waals surface area contributed by atoms with Crippen LogP contribution in [0.2, 0.25) is 0 Å². The lowest BCUT2D eigenvalue weighted by atomic mass is 10.3. The van der Waals surface area contributed by atoms with E-state index in [9.17, 15) is 14.4 Å². The highest BCUT2D eigenvalue weighted by Crippen LogP contribution is 1.92. The molecule has 1 amide bonds. The van der Waals surface area contributed by atoms with E-state index in [1.807, 2.05) is 0 Å². The molecule has 7 heteroatoms. The molecule has 1 N–H and O–H groups in total. The van der Waals surface area contributed by atoms with E-state index in [0.717, 1.165) is 4.68 Å². The molecule has 0 saturated carbocycles. The van der Waals surface area contributed by atoms with Gasteiger partial charge in [-0.05, 0) is 6.07 Å². The molecule has 0 radical (unpaired) electrons. The smallest absolute Gasteiger partial charge is 0.330 e. The minimum absolute atomic E-state index is 0.0636. The van der Waals surface area contributed by atoms with Crippen LogP contribution in [0.4, 0.5) is 0 Å². The number of rotatable bonds is 4. The van der Waals surface area contributed by atoms with E-state index in [4.69, 9.17) is 0 Å². The second kappa shape index (κ2) is 5.78. The highest BCUT2D eigenvalue weighted by molar-refractivity contribution is 5.83. The number of amides is 1. The van der Waals surface area contributed by atoms with Gasteiger partial charge in [0.25, 0.3) is 5.56 Å². The summed E-state index contributed by atoms with van der Waals surface area (Å²) in [5.41, 5.74) is -0.355. The Bertz CT molecular complexity index is 469. The molecule has 0 aliphatic heterocycles. The maximum atomic E-state index is 11.4. The summed E-state index contributed by atoms with van der Waals surface area (Å²) in [5, 5.41) is 6.18. The number of ether oxygens (including phenoxy) is 1. The normalized spacial score (nSPS) is 11.6. The second-order valence-electron chi connectivity index (χ2n) is 3.32. The van der Waals surface area contributed by atoms with Crippen LogP contribution in [0, 0.1) is 0 Å². The van der Waals surface area contributed by atoms with Crippen molar-refractivity contribution in [3.8, 4) is 0 Å². The van der Waals surface area contributed by atoms with Crippen LogP contribution in [0.1, 0.15) is 6.92 Å². The number of aromatic nitrogens is 2. The number of carbonyl (C=O) groups is 2. The molecule has 0 bridgehead atoms. The number of nitrogens with one attached hydrogen (secondary N) is 1. The zero-order valence-corrected chi connectivity index (χ0v) is 9.54. The van der Waals surface area contributed by atoms with E-state index in [1.165, 1.54) is 32.4 Å². The van der Waals surface area contributed by atoms with Gasteiger partial charge in [0.1, 0.15) is 6.04 Å². The highest BCUT2D eigenvalue weighted by Gasteiger charge is 2.21. The Kier molecular flexibility index (Phi) is 4.38. The second-order valence-corrected chi connectivity index (χ2v) is 3.32. The van der Waals surface area contributed by atoms with Gasteiger partial charge in [-0.15, -0.1) is 0 Å². The maximum absolute atomic E-state index is 11.4. The number of carbonyl (C=O) groups excluding carboxylic acids is 2. The van der Waals surface area contributed by atoms with Crippen molar-refractivity contribution in [2.45, 2.75) is 19.5 Å². The maximum Gasteiger partial charge on any atom is 0.330 e. The molecule has 0 aliphatic rings. The third-order valence-electron chi connectivity index (χ3n) is 2.00. The number of methoxy groups -OCH3 is 1. The Hall–Kier alpha value is -2.18. The molecule has 92 valence electrons. The summed E-state index contributed by atoms with van der Waals surface area (Å²) in [4.78, 5) is 33.7. The van der Waals surface area contributed by atoms with E-state index in [1.54, 1.807) is 0 Å². The van der Waals surface area contributed by atoms with Crippen molar-refractivity contribution in [2.75, 3.05) is 7.11 Å². The molecule has 0 aliphatic carbocycles. The first-order chi connectivity index (χ1) is 8.04. The van der Waals surface area contributed by atoms with Gasteiger partial charge in [0, 0.05) is 19.2 Å². The minimum atomic E-state index is -0.926. The molecule has 1 unspecified atom stereocenters. The molecule has 1 aromatic heterocycles. The summed E-state index contributed by atoms with van der Waals surface area (Å²) in [6, 6.07) is 1.88. The van der Waals surface area contributed by atoms with E-state index >= 15 is 0 Å². The lowest BCUT2D eigenvalue weighted by molar-refractivity contribution is -0.145. The molecule has 17 heavy (non-hydrogen) atoms. The zero-order valence-electron chi connectivity index (χ0n) is 9.54. The average Bonchev–Trinajstić information content (AvgIpc) is 2.29. The molecular formula is C10H13N3O4. The first-order valence-corrected chi connectivity index (χ1v) is 4.91. The summed E-state index contributed by atoms with van der Waals surface area (Å²) >= 11 is 0. The van der Waals surface area contributed by atoms with Gasteiger partial charge in [-0.25, -0.2) is 9.48 Å². The molecule has 1 atom stereocenters. The van der Waals surface area contributed by atoms with E-state index in [-0.39, 0.29) is 18.0 Å². The first-order valence-electron chi connectivity index (χ1n) is 4.91. The summed E-state index contributed by atoms with van der Waals surface area (Å²) in [7, 11) is 1.21. The standard InChI is InChI=1S/C10H13N3O4/c1-7(14)12-8(10(16)17-2)6-13-9(15)4-3-5-11-13/h3-5,8H,6H2,1-2H3,(H,12,14). The Balaban J connectivity index is 2.86. The first kappa shape index (κ1) is 12.9. The highest BCUT2D eigenvalue weighted by atomic mass is 16.5. The fourth-order valence-corrected chi connectivity index (χ4v) is 1.26. The molecule has 0 aromatic carbocycles. The monoisotopic (exact) mass is 239 g/mol. The topological polar surface area (TPSA) is 90.3 Å². The quantitative estimate of drug-likeness (QED) is 0.675. The van der Waals surface area contributed by atoms with Crippen molar-refractivity contribution in [1.82, 2.24) is 15.1 Å². The summed E-state index contributed by atoms with van der Waals surface area (Å²) < 4.78 is 5.61. The molecule has 0 saturated heterocycles. The summed E-state index contributed by atoms with van der Waals surface area (Å²) in [6.07, 6.45) is 1.42. The SMILES string of the molecule is COC(=O)C(Cn1ncccc1=O)NC(C)=O. The fraction of sp³-hybridized carbons (Fsp3) is 0.400. The van der Waals surface area contributed by atoms with Gasteiger partial charge in [-0.3, -0.25) is 9.59 Å². The molecule has 1 aromatic rings. The van der Waals surface area contributed by atoms with Gasteiger partial charge >= 0.3 is 5.97 Å². The molecule has 0 spiro atoms. The van der Waals surface area contributed by atoms with Crippen LogP contribution in [0.5, 0.6) is 0 Å². The average molecular weight is 239 g/mol. The van der Waals surface area contributed by atoms with E-state index < -0.39 is 12.0 Å². The van der Waals surface area contributed by atoms with Crippen LogP contribution in [-0.2, 0) is 20.9 Å². The predicted octanol–water partition coefficient (Wildman–Crippen LogP) is -1.08. The lowest BCUT2D eigenvalue weighted by Crippen LogP contribution is -2.45. The lowest BCUT2D eigenvalue weighted by Gasteiger charge is -2.15. The molecule has 1 heterocycles. The van der Waals surface area contributed by atoms with Crippen molar-refractivity contribution < 1.29 is 14.3 Å². The Morgan fingerprint density at radius 3 is 2.82 bits per heavy atom. The zero-order chi connectivity index (χ0) is 12.8. The van der Waals surface area contributed by atoms with Crippen molar-refractivity contribution in [3.05, 3.63) is 28.7 Å². The molecule has 1 rings (SSSR count). The van der Waals surface area contributed by atoms with Crippen LogP contribution >= 0.6 is 0 Å². The molecule has 7 nitrogen and oxygen atoms in total. The van der Waals surface area contributed by atoms with Gasteiger partial charge in [0.2, 0.25) is 5.91 Å². The van der Waals surface area contributed by atoms with Crippen molar-refractivity contribution in [2.24, 2.45) is 0 Å². The van der Waals surface area contributed by atoms with E-state index in [0.29, 0.717) is 0 Å². The van der Waals surface area contributed by atoms with Crippen LogP contribution in [-0.4, -0.2) is 34.8 Å². The Morgan fingerprint density at radius 2 is 2.29 bits per heavy atom. The third kappa shape index (κ3) is 3.71. The Labute approximate surface area is 97.4 Å². The summed E-state index contributed by atoms with van der Waals surface area (Å²) in [5.74, 6) is -1.01. The van der Waals surface area contributed by atoms with Gasteiger partial charge in [-0.2, -0.15) is 5.10 Å². The van der Waals surface area contributed by atoms with Crippen LogP contribution in [0.15, 0.2) is 23.1 Å². The molecule has 0 fully saturated rings. The fourth-order valence-electron chi connectivity index (χ4n) is 1.26. The largest absolute Gasteiger partial charge is 0.467 e. The van der Waals surface area contributed by atoms with Crippen LogP contribution in [0.25, 0.3) is 0 Å². The number of nitrogens with zero attached hydrogens (tertiary/aromatic N) is 2. The van der Waals surface area contributed by atoms with Crippen molar-refractivity contribution in [1.29, 1.82) is 0 Å². The number of hydrogen-bond donors (Lipinski definition) is 1. The van der Waals surface area contributed by atoms with Gasteiger partial charge in [-0.1, -0.05) is 0 Å². The predicted molar refractivity (Wildman–Crippen MR) is 58.1 cm³/mol. The molecular weight excluding hydrogens is 226 g/mol. The van der Waals surface area contributed by atoms with Crippen LogP contribution < -0.4 is 10.9 Å². The van der Waals surface area contributed by atoms with Gasteiger partial charge in [0.15, 0.2) is 0 Å². The van der Waals surface area contributed by atoms with Crippen LogP contribution in [0.3, 0.4) is 0 Å². The third-order valence-corrected chi connectivity index (χ3v) is 2.00. The van der Waals surface area contributed by atoms with E-state index in [2.05, 4.69) is 15.2 Å².